The Morgan fingerprint density at radius 2 is 2.23 bits per heavy atom. The minimum Gasteiger partial charge on any atom is -0.472 e. The normalized spacial score (nSPS) is 12.2. The fraction of sp³-hybridized carbons (Fsp3) is 0.200. The number of rotatable bonds is 6. The molecule has 1 amide bonds. The third-order valence-corrected chi connectivity index (χ3v) is 3.14. The topological polar surface area (TPSA) is 102 Å². The molecular formula is C15H14N2O5. The van der Waals surface area contributed by atoms with Gasteiger partial charge in [-0.25, -0.2) is 0 Å². The second kappa shape index (κ2) is 6.31. The van der Waals surface area contributed by atoms with E-state index in [1.165, 1.54) is 24.9 Å². The van der Waals surface area contributed by atoms with Gasteiger partial charge < -0.3 is 23.8 Å². The first-order chi connectivity index (χ1) is 10.7. The van der Waals surface area contributed by atoms with Crippen molar-refractivity contribution < 1.29 is 23.3 Å². The fourth-order valence-corrected chi connectivity index (χ4v) is 1.96. The summed E-state index contributed by atoms with van der Waals surface area (Å²) in [6, 6.07) is 6.61. The molecule has 0 saturated carbocycles. The van der Waals surface area contributed by atoms with Gasteiger partial charge in [-0.15, -0.1) is 0 Å². The maximum absolute atomic E-state index is 11.9. The molecule has 0 aliphatic carbocycles. The van der Waals surface area contributed by atoms with E-state index in [-0.39, 0.29) is 11.6 Å². The Labute approximate surface area is 125 Å². The number of aliphatic hydroxyl groups is 1. The molecule has 0 aliphatic rings. The standard InChI is InChI=1S/C15H14N2O5/c18-12(10-4-7-20-9-10)3-5-16-15(19)11-8-14(22-17-11)13-2-1-6-21-13/h1-2,4,6-9,12,18H,3,5H2,(H,16,19). The highest BCUT2D eigenvalue weighted by Gasteiger charge is 2.15. The molecule has 0 aliphatic heterocycles. The van der Waals surface area contributed by atoms with Crippen molar-refractivity contribution in [2.75, 3.05) is 6.54 Å². The molecule has 0 spiro atoms. The van der Waals surface area contributed by atoms with E-state index in [1.54, 1.807) is 18.2 Å². The molecule has 22 heavy (non-hydrogen) atoms. The molecule has 7 heteroatoms. The van der Waals surface area contributed by atoms with Crippen molar-refractivity contribution in [1.82, 2.24) is 10.5 Å². The fourth-order valence-electron chi connectivity index (χ4n) is 1.96. The van der Waals surface area contributed by atoms with Crippen molar-refractivity contribution in [3.05, 3.63) is 54.3 Å². The molecule has 3 aromatic rings. The van der Waals surface area contributed by atoms with E-state index in [4.69, 9.17) is 13.4 Å². The summed E-state index contributed by atoms with van der Waals surface area (Å²) in [5, 5.41) is 16.2. The maximum Gasteiger partial charge on any atom is 0.273 e. The number of aromatic nitrogens is 1. The lowest BCUT2D eigenvalue weighted by molar-refractivity contribution is 0.0933. The molecule has 0 bridgehead atoms. The number of carbonyl (C=O) groups excluding carboxylic acids is 1. The third-order valence-electron chi connectivity index (χ3n) is 3.14. The second-order valence-corrected chi connectivity index (χ2v) is 4.67. The molecule has 2 N–H and O–H groups in total. The van der Waals surface area contributed by atoms with Gasteiger partial charge in [0, 0.05) is 18.2 Å². The Morgan fingerprint density at radius 1 is 1.32 bits per heavy atom. The molecule has 1 unspecified atom stereocenters. The van der Waals surface area contributed by atoms with Gasteiger partial charge in [-0.05, 0) is 24.6 Å². The first-order valence-electron chi connectivity index (χ1n) is 6.73. The molecule has 3 aromatic heterocycles. The molecule has 0 saturated heterocycles. The van der Waals surface area contributed by atoms with E-state index in [0.717, 1.165) is 0 Å². The van der Waals surface area contributed by atoms with Crippen molar-refractivity contribution in [2.45, 2.75) is 12.5 Å². The van der Waals surface area contributed by atoms with E-state index >= 15 is 0 Å². The van der Waals surface area contributed by atoms with Gasteiger partial charge in [-0.2, -0.15) is 0 Å². The van der Waals surface area contributed by atoms with Crippen LogP contribution in [0, 0.1) is 0 Å². The van der Waals surface area contributed by atoms with Crippen molar-refractivity contribution in [3.63, 3.8) is 0 Å². The Bertz CT molecular complexity index is 715. The van der Waals surface area contributed by atoms with Crippen LogP contribution in [-0.2, 0) is 0 Å². The van der Waals surface area contributed by atoms with E-state index in [2.05, 4.69) is 10.5 Å². The summed E-state index contributed by atoms with van der Waals surface area (Å²) >= 11 is 0. The number of carbonyl (C=O) groups is 1. The van der Waals surface area contributed by atoms with Crippen LogP contribution in [0.25, 0.3) is 11.5 Å². The minimum absolute atomic E-state index is 0.157. The first kappa shape index (κ1) is 14.2. The number of furan rings is 2. The number of amides is 1. The average Bonchev–Trinajstić information content (AvgIpc) is 3.26. The number of nitrogens with zero attached hydrogens (tertiary/aromatic N) is 1. The summed E-state index contributed by atoms with van der Waals surface area (Å²) in [6.07, 6.45) is 4.15. The quantitative estimate of drug-likeness (QED) is 0.725. The molecule has 0 fully saturated rings. The number of aliphatic hydroxyl groups excluding tert-OH is 1. The Balaban J connectivity index is 1.52. The Hall–Kier alpha value is -2.80. The summed E-state index contributed by atoms with van der Waals surface area (Å²) in [4.78, 5) is 11.9. The van der Waals surface area contributed by atoms with Crippen LogP contribution in [-0.4, -0.2) is 22.7 Å². The predicted octanol–water partition coefficient (Wildman–Crippen LogP) is 2.38. The van der Waals surface area contributed by atoms with E-state index in [9.17, 15) is 9.90 Å². The summed E-state index contributed by atoms with van der Waals surface area (Å²) in [6.45, 7) is 0.300. The molecular weight excluding hydrogens is 288 g/mol. The zero-order valence-electron chi connectivity index (χ0n) is 11.6. The summed E-state index contributed by atoms with van der Waals surface area (Å²) < 4.78 is 15.1. The number of nitrogens with one attached hydrogen (secondary N) is 1. The van der Waals surface area contributed by atoms with Crippen LogP contribution in [0.15, 0.2) is 56.4 Å². The molecule has 3 rings (SSSR count). The van der Waals surface area contributed by atoms with Crippen LogP contribution < -0.4 is 5.32 Å². The van der Waals surface area contributed by atoms with Crippen molar-refractivity contribution in [2.24, 2.45) is 0 Å². The maximum atomic E-state index is 11.9. The monoisotopic (exact) mass is 302 g/mol. The largest absolute Gasteiger partial charge is 0.472 e. The lowest BCUT2D eigenvalue weighted by atomic mass is 10.1. The van der Waals surface area contributed by atoms with E-state index in [0.29, 0.717) is 30.0 Å². The Morgan fingerprint density at radius 3 is 2.95 bits per heavy atom. The zero-order chi connectivity index (χ0) is 15.4. The average molecular weight is 302 g/mol. The van der Waals surface area contributed by atoms with Crippen LogP contribution in [0.2, 0.25) is 0 Å². The van der Waals surface area contributed by atoms with Crippen molar-refractivity contribution in [3.8, 4) is 11.5 Å². The highest BCUT2D eigenvalue weighted by atomic mass is 16.5. The first-order valence-corrected chi connectivity index (χ1v) is 6.73. The van der Waals surface area contributed by atoms with E-state index < -0.39 is 6.10 Å². The Kier molecular flexibility index (Phi) is 4.06. The van der Waals surface area contributed by atoms with Gasteiger partial charge in [0.25, 0.3) is 5.91 Å². The SMILES string of the molecule is O=C(NCCC(O)c1ccoc1)c1cc(-c2ccco2)on1. The van der Waals surface area contributed by atoms with Gasteiger partial charge >= 0.3 is 0 Å². The van der Waals surface area contributed by atoms with Gasteiger partial charge in [0.15, 0.2) is 11.5 Å². The number of hydrogen-bond donors (Lipinski definition) is 2. The molecule has 1 atom stereocenters. The van der Waals surface area contributed by atoms with Gasteiger partial charge in [0.05, 0.1) is 24.9 Å². The number of hydrogen-bond acceptors (Lipinski definition) is 6. The van der Waals surface area contributed by atoms with Crippen LogP contribution in [0.4, 0.5) is 0 Å². The highest BCUT2D eigenvalue weighted by Crippen LogP contribution is 2.20. The second-order valence-electron chi connectivity index (χ2n) is 4.67. The lowest BCUT2D eigenvalue weighted by Crippen LogP contribution is -2.25. The summed E-state index contributed by atoms with van der Waals surface area (Å²) in [7, 11) is 0. The van der Waals surface area contributed by atoms with E-state index in [1.807, 2.05) is 0 Å². The molecule has 0 aromatic carbocycles. The van der Waals surface area contributed by atoms with Crippen molar-refractivity contribution in [1.29, 1.82) is 0 Å². The van der Waals surface area contributed by atoms with Gasteiger partial charge in [-0.1, -0.05) is 5.16 Å². The predicted molar refractivity (Wildman–Crippen MR) is 74.8 cm³/mol. The van der Waals surface area contributed by atoms with Crippen LogP contribution >= 0.6 is 0 Å². The van der Waals surface area contributed by atoms with Gasteiger partial charge in [0.2, 0.25) is 5.76 Å². The zero-order valence-corrected chi connectivity index (χ0v) is 11.6. The van der Waals surface area contributed by atoms with Gasteiger partial charge in [-0.3, -0.25) is 4.79 Å². The third kappa shape index (κ3) is 3.09. The van der Waals surface area contributed by atoms with Crippen LogP contribution in [0.5, 0.6) is 0 Å². The van der Waals surface area contributed by atoms with Crippen LogP contribution in [0.1, 0.15) is 28.6 Å². The molecule has 114 valence electrons. The molecule has 0 radical (unpaired) electrons. The molecule has 3 heterocycles. The summed E-state index contributed by atoms with van der Waals surface area (Å²) in [5.41, 5.74) is 0.833. The smallest absolute Gasteiger partial charge is 0.273 e. The summed E-state index contributed by atoms with van der Waals surface area (Å²) in [5.74, 6) is 0.511. The van der Waals surface area contributed by atoms with Crippen LogP contribution in [0.3, 0.4) is 0 Å². The van der Waals surface area contributed by atoms with Gasteiger partial charge in [0.1, 0.15) is 0 Å². The minimum atomic E-state index is -0.685. The molecule has 7 nitrogen and oxygen atoms in total. The highest BCUT2D eigenvalue weighted by molar-refractivity contribution is 5.92. The van der Waals surface area contributed by atoms with Crippen molar-refractivity contribution >= 4 is 5.91 Å². The lowest BCUT2D eigenvalue weighted by Gasteiger charge is -2.08.